The number of ether oxygens (including phenoxy) is 1. The Kier molecular flexibility index (Phi) is 4.46. The van der Waals surface area contributed by atoms with E-state index in [0.717, 1.165) is 12.3 Å². The Labute approximate surface area is 118 Å². The van der Waals surface area contributed by atoms with E-state index in [4.69, 9.17) is 0 Å². The molecule has 5 nitrogen and oxygen atoms in total. The molecule has 1 heterocycles. The van der Waals surface area contributed by atoms with Crippen LogP contribution in [0, 0.1) is 5.82 Å². The van der Waals surface area contributed by atoms with Crippen LogP contribution in [0.1, 0.15) is 22.7 Å². The Balaban J connectivity index is 2.10. The predicted octanol–water partition coefficient (Wildman–Crippen LogP) is 2.82. The number of hydrogen-bond acceptors (Lipinski definition) is 4. The maximum atomic E-state index is 13.8. The van der Waals surface area contributed by atoms with Gasteiger partial charge in [0.2, 0.25) is 0 Å². The van der Waals surface area contributed by atoms with E-state index in [1.54, 1.807) is 0 Å². The van der Waals surface area contributed by atoms with Crippen molar-refractivity contribution in [3.63, 3.8) is 0 Å². The number of aromatic nitrogens is 2. The Morgan fingerprint density at radius 1 is 1.48 bits per heavy atom. The van der Waals surface area contributed by atoms with Crippen LogP contribution in [0.15, 0.2) is 30.6 Å². The van der Waals surface area contributed by atoms with Crippen LogP contribution in [0.2, 0.25) is 0 Å². The van der Waals surface area contributed by atoms with E-state index < -0.39 is 18.3 Å². The van der Waals surface area contributed by atoms with Crippen molar-refractivity contribution in [1.29, 1.82) is 0 Å². The summed E-state index contributed by atoms with van der Waals surface area (Å²) in [5, 5.41) is 2.65. The number of rotatable bonds is 5. The summed E-state index contributed by atoms with van der Waals surface area (Å²) in [5.74, 6) is -1.27. The molecule has 112 valence electrons. The topological polar surface area (TPSA) is 56.1 Å². The van der Waals surface area contributed by atoms with Gasteiger partial charge in [-0.05, 0) is 18.2 Å². The van der Waals surface area contributed by atoms with Gasteiger partial charge in [-0.2, -0.15) is 8.78 Å². The van der Waals surface area contributed by atoms with Gasteiger partial charge in [-0.1, -0.05) is 0 Å². The van der Waals surface area contributed by atoms with Gasteiger partial charge in [-0.25, -0.2) is 14.2 Å². The monoisotopic (exact) mass is 299 g/mol. The zero-order valence-corrected chi connectivity index (χ0v) is 11.0. The summed E-state index contributed by atoms with van der Waals surface area (Å²) >= 11 is 0. The Bertz CT molecular complexity index is 643. The number of halogens is 3. The molecule has 0 saturated heterocycles. The van der Waals surface area contributed by atoms with Gasteiger partial charge in [0.15, 0.2) is 0 Å². The highest BCUT2D eigenvalue weighted by molar-refractivity contribution is 5.89. The maximum Gasteiger partial charge on any atom is 0.337 e. The van der Waals surface area contributed by atoms with Crippen LogP contribution < -0.4 is 5.32 Å². The first-order chi connectivity index (χ1) is 10.0. The molecule has 0 unspecified atom stereocenters. The molecule has 2 aromatic rings. The average Bonchev–Trinajstić information content (AvgIpc) is 2.93. The van der Waals surface area contributed by atoms with Crippen molar-refractivity contribution < 1.29 is 22.7 Å². The van der Waals surface area contributed by atoms with Gasteiger partial charge >= 0.3 is 12.5 Å². The second-order valence-corrected chi connectivity index (χ2v) is 4.07. The van der Waals surface area contributed by atoms with E-state index in [2.05, 4.69) is 15.0 Å². The molecule has 2 rings (SSSR count). The number of anilines is 1. The first-order valence-corrected chi connectivity index (χ1v) is 5.94. The van der Waals surface area contributed by atoms with E-state index >= 15 is 0 Å². The minimum atomic E-state index is -2.71. The molecule has 0 aliphatic carbocycles. The minimum Gasteiger partial charge on any atom is -0.465 e. The Morgan fingerprint density at radius 2 is 2.24 bits per heavy atom. The van der Waals surface area contributed by atoms with Crippen molar-refractivity contribution in [3.8, 4) is 0 Å². The summed E-state index contributed by atoms with van der Waals surface area (Å²) < 4.78 is 44.2. The number of benzene rings is 1. The van der Waals surface area contributed by atoms with E-state index in [0.29, 0.717) is 4.57 Å². The molecule has 8 heteroatoms. The van der Waals surface area contributed by atoms with Crippen molar-refractivity contribution in [2.24, 2.45) is 0 Å². The lowest BCUT2D eigenvalue weighted by Gasteiger charge is -2.10. The van der Waals surface area contributed by atoms with E-state index in [9.17, 15) is 18.0 Å². The number of imidazole rings is 1. The summed E-state index contributed by atoms with van der Waals surface area (Å²) in [5.41, 5.74) is 0.140. The molecule has 0 amide bonds. The fourth-order valence-corrected chi connectivity index (χ4v) is 1.74. The van der Waals surface area contributed by atoms with Crippen LogP contribution in [0.3, 0.4) is 0 Å². The summed E-state index contributed by atoms with van der Waals surface area (Å²) in [6.45, 7) is -2.79. The van der Waals surface area contributed by atoms with E-state index in [-0.39, 0.29) is 23.6 Å². The lowest BCUT2D eigenvalue weighted by atomic mass is 10.2. The van der Waals surface area contributed by atoms with Crippen molar-refractivity contribution in [2.45, 2.75) is 13.1 Å². The van der Waals surface area contributed by atoms with Gasteiger partial charge in [0.05, 0.1) is 24.9 Å². The number of esters is 1. The van der Waals surface area contributed by atoms with Crippen LogP contribution >= 0.6 is 0 Å². The molecule has 21 heavy (non-hydrogen) atoms. The van der Waals surface area contributed by atoms with Crippen molar-refractivity contribution in [1.82, 2.24) is 9.55 Å². The highest BCUT2D eigenvalue weighted by atomic mass is 19.3. The lowest BCUT2D eigenvalue weighted by molar-refractivity contribution is 0.0599. The molecule has 0 spiro atoms. The molecule has 1 aromatic carbocycles. The number of methoxy groups -OCH3 is 1. The number of nitrogens with one attached hydrogen (secondary N) is 1. The van der Waals surface area contributed by atoms with Gasteiger partial charge in [0.1, 0.15) is 11.6 Å². The van der Waals surface area contributed by atoms with Crippen LogP contribution in [-0.2, 0) is 11.3 Å². The van der Waals surface area contributed by atoms with Crippen molar-refractivity contribution in [2.75, 3.05) is 12.4 Å². The average molecular weight is 299 g/mol. The van der Waals surface area contributed by atoms with Gasteiger partial charge in [-0.15, -0.1) is 0 Å². The van der Waals surface area contributed by atoms with E-state index in [1.165, 1.54) is 25.4 Å². The van der Waals surface area contributed by atoms with Crippen molar-refractivity contribution >= 4 is 11.7 Å². The van der Waals surface area contributed by atoms with Gasteiger partial charge in [0, 0.05) is 12.4 Å². The smallest absolute Gasteiger partial charge is 0.337 e. The largest absolute Gasteiger partial charge is 0.465 e. The molecular weight excluding hydrogens is 287 g/mol. The second kappa shape index (κ2) is 6.29. The second-order valence-electron chi connectivity index (χ2n) is 4.07. The highest BCUT2D eigenvalue weighted by Crippen LogP contribution is 2.18. The molecule has 0 aliphatic heterocycles. The SMILES string of the molecule is COC(=O)c1ccc(NCc2nccn2C(F)F)c(F)c1. The third-order valence-electron chi connectivity index (χ3n) is 2.79. The maximum absolute atomic E-state index is 13.8. The van der Waals surface area contributed by atoms with E-state index in [1.807, 2.05) is 0 Å². The van der Waals surface area contributed by atoms with Crippen LogP contribution in [0.5, 0.6) is 0 Å². The fraction of sp³-hybridized carbons (Fsp3) is 0.231. The highest BCUT2D eigenvalue weighted by Gasteiger charge is 2.13. The molecule has 0 atom stereocenters. The van der Waals surface area contributed by atoms with Gasteiger partial charge < -0.3 is 10.1 Å². The van der Waals surface area contributed by atoms with Crippen LogP contribution in [0.25, 0.3) is 0 Å². The quantitative estimate of drug-likeness (QED) is 0.863. The van der Waals surface area contributed by atoms with Crippen LogP contribution in [-0.4, -0.2) is 22.6 Å². The minimum absolute atomic E-state index is 0.0645. The predicted molar refractivity (Wildman–Crippen MR) is 68.5 cm³/mol. The Morgan fingerprint density at radius 3 is 2.86 bits per heavy atom. The number of hydrogen-bond donors (Lipinski definition) is 1. The molecule has 0 aliphatic rings. The van der Waals surface area contributed by atoms with Crippen LogP contribution in [0.4, 0.5) is 18.9 Å². The first kappa shape index (κ1) is 14.9. The normalized spacial score (nSPS) is 10.7. The van der Waals surface area contributed by atoms with Gasteiger partial charge in [0.25, 0.3) is 0 Å². The summed E-state index contributed by atoms with van der Waals surface area (Å²) in [6.07, 6.45) is 2.37. The molecule has 1 aromatic heterocycles. The molecule has 0 bridgehead atoms. The summed E-state index contributed by atoms with van der Waals surface area (Å²) in [7, 11) is 1.19. The number of carbonyl (C=O) groups is 1. The third kappa shape index (κ3) is 3.33. The standard InChI is InChI=1S/C13H12F3N3O2/c1-21-12(20)8-2-3-10(9(14)6-8)18-7-11-17-4-5-19(11)13(15)16/h2-6,13,18H,7H2,1H3. The molecule has 0 fully saturated rings. The number of carbonyl (C=O) groups excluding carboxylic acids is 1. The zero-order valence-electron chi connectivity index (χ0n) is 11.0. The molecule has 0 saturated carbocycles. The van der Waals surface area contributed by atoms with Gasteiger partial charge in [-0.3, -0.25) is 4.57 Å². The van der Waals surface area contributed by atoms with Crippen molar-refractivity contribution in [3.05, 3.63) is 47.8 Å². The molecule has 1 N–H and O–H groups in total. The molecule has 0 radical (unpaired) electrons. The molecular formula is C13H12F3N3O2. The summed E-state index contributed by atoms with van der Waals surface area (Å²) in [6, 6.07) is 3.71. The first-order valence-electron chi connectivity index (χ1n) is 5.94. The number of alkyl halides is 2. The zero-order chi connectivity index (χ0) is 15.4. The number of nitrogens with zero attached hydrogens (tertiary/aromatic N) is 2. The fourth-order valence-electron chi connectivity index (χ4n) is 1.74. The summed E-state index contributed by atoms with van der Waals surface area (Å²) in [4.78, 5) is 15.0. The Hall–Kier alpha value is -2.51. The lowest BCUT2D eigenvalue weighted by Crippen LogP contribution is -2.10. The third-order valence-corrected chi connectivity index (χ3v) is 2.79.